The Bertz CT molecular complexity index is 451. The van der Waals surface area contributed by atoms with Crippen LogP contribution >= 0.6 is 0 Å². The van der Waals surface area contributed by atoms with Gasteiger partial charge >= 0.3 is 6.09 Å². The van der Waals surface area contributed by atoms with E-state index in [-0.39, 0.29) is 0 Å². The van der Waals surface area contributed by atoms with Crippen LogP contribution in [-0.2, 0) is 6.42 Å². The minimum atomic E-state index is -0.821. The van der Waals surface area contributed by atoms with Gasteiger partial charge in [0.1, 0.15) is 5.75 Å². The first-order chi connectivity index (χ1) is 9.11. The Labute approximate surface area is 113 Å². The van der Waals surface area contributed by atoms with Crippen molar-refractivity contribution < 1.29 is 15.0 Å². The Morgan fingerprint density at radius 3 is 2.63 bits per heavy atom. The number of phenolic OH excluding ortho intramolecular Hbond substituents is 1. The summed E-state index contributed by atoms with van der Waals surface area (Å²) in [7, 11) is 0. The van der Waals surface area contributed by atoms with Gasteiger partial charge in [-0.1, -0.05) is 19.4 Å². The van der Waals surface area contributed by atoms with Gasteiger partial charge in [0, 0.05) is 13.1 Å². The van der Waals surface area contributed by atoms with Crippen molar-refractivity contribution in [3.63, 3.8) is 0 Å². The lowest BCUT2D eigenvalue weighted by atomic mass is 9.85. The summed E-state index contributed by atoms with van der Waals surface area (Å²) >= 11 is 0. The molecule has 0 spiro atoms. The normalized spacial score (nSPS) is 16.6. The zero-order valence-electron chi connectivity index (χ0n) is 11.3. The first kappa shape index (κ1) is 13.7. The van der Waals surface area contributed by atoms with E-state index in [4.69, 9.17) is 5.11 Å². The van der Waals surface area contributed by atoms with Crippen LogP contribution in [0.1, 0.15) is 43.2 Å². The summed E-state index contributed by atoms with van der Waals surface area (Å²) in [5.74, 6) is 0.730. The molecule has 1 fully saturated rings. The molecule has 1 aliphatic heterocycles. The van der Waals surface area contributed by atoms with Gasteiger partial charge in [0.25, 0.3) is 0 Å². The summed E-state index contributed by atoms with van der Waals surface area (Å²) in [6, 6.07) is 5.59. The molecule has 0 radical (unpaired) electrons. The van der Waals surface area contributed by atoms with Crippen LogP contribution in [0.2, 0.25) is 0 Å². The van der Waals surface area contributed by atoms with E-state index in [2.05, 4.69) is 6.92 Å². The molecule has 1 aliphatic rings. The van der Waals surface area contributed by atoms with Crippen LogP contribution in [0.15, 0.2) is 18.2 Å². The first-order valence-corrected chi connectivity index (χ1v) is 6.91. The number of hydrogen-bond donors (Lipinski definition) is 2. The maximum Gasteiger partial charge on any atom is 0.407 e. The third kappa shape index (κ3) is 3.19. The van der Waals surface area contributed by atoms with Gasteiger partial charge in [-0.25, -0.2) is 4.79 Å². The van der Waals surface area contributed by atoms with E-state index >= 15 is 0 Å². The summed E-state index contributed by atoms with van der Waals surface area (Å²) in [5, 5.41) is 18.6. The fraction of sp³-hybridized carbons (Fsp3) is 0.533. The van der Waals surface area contributed by atoms with Crippen LogP contribution in [0.4, 0.5) is 4.79 Å². The maximum atomic E-state index is 10.9. The molecule has 1 heterocycles. The average Bonchev–Trinajstić information content (AvgIpc) is 2.39. The first-order valence-electron chi connectivity index (χ1n) is 6.91. The topological polar surface area (TPSA) is 60.8 Å². The number of phenols is 1. The molecule has 1 aromatic carbocycles. The number of amides is 1. The maximum absolute atomic E-state index is 10.9. The van der Waals surface area contributed by atoms with Crippen LogP contribution in [0.5, 0.6) is 5.75 Å². The zero-order valence-corrected chi connectivity index (χ0v) is 11.3. The highest BCUT2D eigenvalue weighted by molar-refractivity contribution is 5.65. The summed E-state index contributed by atoms with van der Waals surface area (Å²) < 4.78 is 0. The number of nitrogens with zero attached hydrogens (tertiary/aromatic N) is 1. The molecule has 4 heteroatoms. The lowest BCUT2D eigenvalue weighted by Crippen LogP contribution is -2.36. The summed E-state index contributed by atoms with van der Waals surface area (Å²) in [4.78, 5) is 12.4. The van der Waals surface area contributed by atoms with Gasteiger partial charge in [-0.15, -0.1) is 0 Å². The fourth-order valence-corrected chi connectivity index (χ4v) is 2.86. The number of benzene rings is 1. The van der Waals surface area contributed by atoms with Crippen LogP contribution in [0.25, 0.3) is 0 Å². The van der Waals surface area contributed by atoms with Crippen molar-refractivity contribution in [3.8, 4) is 5.75 Å². The van der Waals surface area contributed by atoms with E-state index in [0.29, 0.717) is 24.8 Å². The smallest absolute Gasteiger partial charge is 0.407 e. The van der Waals surface area contributed by atoms with Crippen LogP contribution in [0, 0.1) is 0 Å². The fourth-order valence-electron chi connectivity index (χ4n) is 2.86. The molecule has 1 aromatic rings. The highest BCUT2D eigenvalue weighted by Gasteiger charge is 2.24. The molecular formula is C15H21NO3. The van der Waals surface area contributed by atoms with Crippen molar-refractivity contribution in [1.82, 2.24) is 4.90 Å². The molecule has 19 heavy (non-hydrogen) atoms. The molecule has 2 N–H and O–H groups in total. The monoisotopic (exact) mass is 263 g/mol. The summed E-state index contributed by atoms with van der Waals surface area (Å²) in [5.41, 5.74) is 2.49. The van der Waals surface area contributed by atoms with Gasteiger partial charge in [-0.3, -0.25) is 0 Å². The summed E-state index contributed by atoms with van der Waals surface area (Å²) in [6.07, 6.45) is 2.92. The molecule has 0 aliphatic carbocycles. The van der Waals surface area contributed by atoms with Crippen LogP contribution in [0.3, 0.4) is 0 Å². The number of carbonyl (C=O) groups is 1. The number of aromatic hydroxyl groups is 1. The lowest BCUT2D eigenvalue weighted by molar-refractivity contribution is 0.132. The Balaban J connectivity index is 2.12. The molecule has 104 valence electrons. The second-order valence-corrected chi connectivity index (χ2v) is 5.18. The van der Waals surface area contributed by atoms with Crippen molar-refractivity contribution in [2.75, 3.05) is 13.1 Å². The number of piperidine rings is 1. The van der Waals surface area contributed by atoms with Gasteiger partial charge in [-0.05, 0) is 48.4 Å². The minimum absolute atomic E-state index is 0.315. The molecule has 0 atom stereocenters. The van der Waals surface area contributed by atoms with Gasteiger partial charge in [0.15, 0.2) is 0 Å². The number of carboxylic acid groups (broad SMARTS) is 1. The number of rotatable bonds is 3. The van der Waals surface area contributed by atoms with E-state index in [0.717, 1.165) is 25.7 Å². The Morgan fingerprint density at radius 1 is 1.37 bits per heavy atom. The Kier molecular flexibility index (Phi) is 4.30. The average molecular weight is 263 g/mol. The van der Waals surface area contributed by atoms with Gasteiger partial charge < -0.3 is 15.1 Å². The molecule has 0 saturated carbocycles. The van der Waals surface area contributed by atoms with E-state index in [1.54, 1.807) is 6.07 Å². The third-order valence-electron chi connectivity index (χ3n) is 3.85. The van der Waals surface area contributed by atoms with E-state index in [1.165, 1.54) is 16.0 Å². The number of likely N-dealkylation sites (tertiary alicyclic amines) is 1. The van der Waals surface area contributed by atoms with Crippen molar-refractivity contribution in [1.29, 1.82) is 0 Å². The van der Waals surface area contributed by atoms with Crippen molar-refractivity contribution in [2.24, 2.45) is 0 Å². The quantitative estimate of drug-likeness (QED) is 0.880. The van der Waals surface area contributed by atoms with Crippen molar-refractivity contribution in [2.45, 2.75) is 38.5 Å². The van der Waals surface area contributed by atoms with Gasteiger partial charge in [-0.2, -0.15) is 0 Å². The predicted octanol–water partition coefficient (Wildman–Crippen LogP) is 3.20. The molecule has 4 nitrogen and oxygen atoms in total. The SMILES string of the molecule is CCCc1cc(O)ccc1C1CCN(C(=O)O)CC1. The molecule has 2 rings (SSSR count). The van der Waals surface area contributed by atoms with E-state index < -0.39 is 6.09 Å². The van der Waals surface area contributed by atoms with E-state index in [1.807, 2.05) is 12.1 Å². The predicted molar refractivity (Wildman–Crippen MR) is 73.7 cm³/mol. The third-order valence-corrected chi connectivity index (χ3v) is 3.85. The molecule has 0 aromatic heterocycles. The standard InChI is InChI=1S/C15H21NO3/c1-2-3-12-10-13(17)4-5-14(12)11-6-8-16(9-7-11)15(18)19/h4-5,10-11,17H,2-3,6-9H2,1H3,(H,18,19). The number of aryl methyl sites for hydroxylation is 1. The second kappa shape index (κ2) is 5.95. The Morgan fingerprint density at radius 2 is 2.05 bits per heavy atom. The molecular weight excluding hydrogens is 242 g/mol. The molecule has 0 bridgehead atoms. The largest absolute Gasteiger partial charge is 0.508 e. The lowest BCUT2D eigenvalue weighted by Gasteiger charge is -2.31. The summed E-state index contributed by atoms with van der Waals surface area (Å²) in [6.45, 7) is 3.33. The van der Waals surface area contributed by atoms with Crippen LogP contribution in [-0.4, -0.2) is 34.3 Å². The second-order valence-electron chi connectivity index (χ2n) is 5.18. The minimum Gasteiger partial charge on any atom is -0.508 e. The van der Waals surface area contributed by atoms with Crippen molar-refractivity contribution in [3.05, 3.63) is 29.3 Å². The molecule has 1 saturated heterocycles. The van der Waals surface area contributed by atoms with E-state index in [9.17, 15) is 9.90 Å². The zero-order chi connectivity index (χ0) is 13.8. The van der Waals surface area contributed by atoms with Gasteiger partial charge in [0.05, 0.1) is 0 Å². The Hall–Kier alpha value is -1.71. The highest BCUT2D eigenvalue weighted by Crippen LogP contribution is 2.32. The molecule has 1 amide bonds. The highest BCUT2D eigenvalue weighted by atomic mass is 16.4. The van der Waals surface area contributed by atoms with Crippen LogP contribution < -0.4 is 0 Å². The number of hydrogen-bond acceptors (Lipinski definition) is 2. The molecule has 0 unspecified atom stereocenters. The van der Waals surface area contributed by atoms with Crippen molar-refractivity contribution >= 4 is 6.09 Å². The van der Waals surface area contributed by atoms with Gasteiger partial charge in [0.2, 0.25) is 0 Å².